The van der Waals surface area contributed by atoms with Crippen molar-refractivity contribution in [3.05, 3.63) is 33.8 Å². The summed E-state index contributed by atoms with van der Waals surface area (Å²) in [5.41, 5.74) is 1.38. The minimum Gasteiger partial charge on any atom is -0.311 e. The summed E-state index contributed by atoms with van der Waals surface area (Å²) in [5, 5.41) is 5.26. The van der Waals surface area contributed by atoms with Gasteiger partial charge in [0.25, 0.3) is 0 Å². The largest absolute Gasteiger partial charge is 0.311 e. The third-order valence-electron chi connectivity index (χ3n) is 5.14. The van der Waals surface area contributed by atoms with Gasteiger partial charge in [-0.25, -0.2) is 0 Å². The van der Waals surface area contributed by atoms with E-state index in [1.807, 2.05) is 18.2 Å². The van der Waals surface area contributed by atoms with Gasteiger partial charge in [-0.3, -0.25) is 4.90 Å². The summed E-state index contributed by atoms with van der Waals surface area (Å²) >= 11 is 12.8. The van der Waals surface area contributed by atoms with Crippen LogP contribution in [0.1, 0.15) is 44.6 Å². The van der Waals surface area contributed by atoms with Gasteiger partial charge in [0.1, 0.15) is 0 Å². The van der Waals surface area contributed by atoms with Crippen molar-refractivity contribution in [2.24, 2.45) is 0 Å². The molecule has 116 valence electrons. The summed E-state index contributed by atoms with van der Waals surface area (Å²) in [7, 11) is 0. The summed E-state index contributed by atoms with van der Waals surface area (Å²) in [6, 6.07) is 6.34. The first kappa shape index (κ1) is 15.6. The molecule has 0 aromatic heterocycles. The number of nitrogens with one attached hydrogen (secondary N) is 1. The second-order valence-electron chi connectivity index (χ2n) is 6.65. The van der Waals surface area contributed by atoms with Gasteiger partial charge in [0.05, 0.1) is 0 Å². The molecule has 1 unspecified atom stereocenters. The third kappa shape index (κ3) is 3.24. The molecule has 1 N–H and O–H groups in total. The lowest BCUT2D eigenvalue weighted by molar-refractivity contribution is 0.00622. The molecule has 0 radical (unpaired) electrons. The lowest BCUT2D eigenvalue weighted by Gasteiger charge is -2.52. The summed E-state index contributed by atoms with van der Waals surface area (Å²) in [6.45, 7) is 5.29. The van der Waals surface area contributed by atoms with Gasteiger partial charge in [0.15, 0.2) is 0 Å². The highest BCUT2D eigenvalue weighted by molar-refractivity contribution is 6.35. The Hall–Kier alpha value is -0.280. The molecule has 0 bridgehead atoms. The SMILES string of the molecule is CC1CN(Cc2c(Cl)cccc2Cl)C2(CCCCC2)CN1. The number of piperazine rings is 1. The lowest BCUT2D eigenvalue weighted by atomic mass is 9.78. The molecule has 21 heavy (non-hydrogen) atoms. The van der Waals surface area contributed by atoms with Gasteiger partial charge >= 0.3 is 0 Å². The molecule has 1 saturated carbocycles. The molecule has 4 heteroatoms. The maximum atomic E-state index is 6.39. The zero-order valence-electron chi connectivity index (χ0n) is 12.7. The van der Waals surface area contributed by atoms with E-state index in [9.17, 15) is 0 Å². The normalized spacial score (nSPS) is 26.1. The number of rotatable bonds is 2. The zero-order chi connectivity index (χ0) is 14.9. The molecule has 1 heterocycles. The van der Waals surface area contributed by atoms with Crippen LogP contribution in [0.2, 0.25) is 10.0 Å². The average molecular weight is 327 g/mol. The van der Waals surface area contributed by atoms with Crippen molar-refractivity contribution in [1.29, 1.82) is 0 Å². The Bertz CT molecular complexity index is 477. The van der Waals surface area contributed by atoms with Crippen molar-refractivity contribution >= 4 is 23.2 Å². The molecule has 3 rings (SSSR count). The minimum atomic E-state index is 0.299. The van der Waals surface area contributed by atoms with E-state index in [-0.39, 0.29) is 0 Å². The standard InChI is InChI=1S/C17H24Cl2N2/c1-13-10-21(11-14-15(18)6-5-7-16(14)19)17(12-20-13)8-3-2-4-9-17/h5-7,13,20H,2-4,8-12H2,1H3. The zero-order valence-corrected chi connectivity index (χ0v) is 14.2. The molecule has 2 fully saturated rings. The van der Waals surface area contributed by atoms with Crippen LogP contribution in [0, 0.1) is 0 Å². The molecule has 1 saturated heterocycles. The molecule has 2 nitrogen and oxygen atoms in total. The monoisotopic (exact) mass is 326 g/mol. The topological polar surface area (TPSA) is 15.3 Å². The molecule has 2 aliphatic rings. The Labute approximate surface area is 137 Å². The fourth-order valence-electron chi connectivity index (χ4n) is 3.87. The summed E-state index contributed by atoms with van der Waals surface area (Å²) in [6.07, 6.45) is 6.62. The van der Waals surface area contributed by atoms with E-state index in [1.54, 1.807) is 0 Å². The van der Waals surface area contributed by atoms with E-state index in [2.05, 4.69) is 17.1 Å². The first-order valence-corrected chi connectivity index (χ1v) is 8.78. The lowest BCUT2D eigenvalue weighted by Crippen LogP contribution is -2.64. The Morgan fingerprint density at radius 1 is 1.19 bits per heavy atom. The van der Waals surface area contributed by atoms with Crippen LogP contribution >= 0.6 is 23.2 Å². The number of hydrogen-bond acceptors (Lipinski definition) is 2. The Morgan fingerprint density at radius 3 is 2.52 bits per heavy atom. The van der Waals surface area contributed by atoms with Crippen molar-refractivity contribution in [1.82, 2.24) is 10.2 Å². The number of nitrogens with zero attached hydrogens (tertiary/aromatic N) is 1. The van der Waals surface area contributed by atoms with Crippen LogP contribution in [0.15, 0.2) is 18.2 Å². The van der Waals surface area contributed by atoms with E-state index in [1.165, 1.54) is 32.1 Å². The molecule has 1 aromatic carbocycles. The molecule has 1 aliphatic carbocycles. The van der Waals surface area contributed by atoms with Gasteiger partial charge in [0.2, 0.25) is 0 Å². The van der Waals surface area contributed by atoms with E-state index in [4.69, 9.17) is 23.2 Å². The quantitative estimate of drug-likeness (QED) is 0.861. The number of halogens is 2. The van der Waals surface area contributed by atoms with Crippen LogP contribution in [-0.2, 0) is 6.54 Å². The smallest absolute Gasteiger partial charge is 0.0465 e. The molecule has 1 aromatic rings. The van der Waals surface area contributed by atoms with Crippen LogP contribution < -0.4 is 5.32 Å². The Balaban J connectivity index is 1.86. The van der Waals surface area contributed by atoms with E-state index < -0.39 is 0 Å². The second kappa shape index (κ2) is 6.45. The van der Waals surface area contributed by atoms with Crippen LogP contribution in [0.3, 0.4) is 0 Å². The van der Waals surface area contributed by atoms with Gasteiger partial charge < -0.3 is 5.32 Å². The first-order chi connectivity index (χ1) is 10.1. The van der Waals surface area contributed by atoms with Crippen molar-refractivity contribution < 1.29 is 0 Å². The van der Waals surface area contributed by atoms with E-state index in [0.29, 0.717) is 11.6 Å². The summed E-state index contributed by atoms with van der Waals surface area (Å²) in [4.78, 5) is 2.64. The molecular formula is C17H24Cl2N2. The van der Waals surface area contributed by atoms with Gasteiger partial charge in [-0.15, -0.1) is 0 Å². The highest BCUT2D eigenvalue weighted by Gasteiger charge is 2.41. The van der Waals surface area contributed by atoms with Crippen molar-refractivity contribution in [2.75, 3.05) is 13.1 Å². The highest BCUT2D eigenvalue weighted by Crippen LogP contribution is 2.38. The second-order valence-corrected chi connectivity index (χ2v) is 7.46. The molecule has 1 spiro atoms. The average Bonchev–Trinajstić information content (AvgIpc) is 2.48. The first-order valence-electron chi connectivity index (χ1n) is 8.02. The maximum Gasteiger partial charge on any atom is 0.0465 e. The van der Waals surface area contributed by atoms with Crippen LogP contribution in [0.25, 0.3) is 0 Å². The predicted molar refractivity (Wildman–Crippen MR) is 90.2 cm³/mol. The van der Waals surface area contributed by atoms with E-state index >= 15 is 0 Å². The highest BCUT2D eigenvalue weighted by atomic mass is 35.5. The van der Waals surface area contributed by atoms with Gasteiger partial charge in [-0.2, -0.15) is 0 Å². The van der Waals surface area contributed by atoms with Gasteiger partial charge in [0, 0.05) is 46.8 Å². The van der Waals surface area contributed by atoms with Crippen LogP contribution in [0.4, 0.5) is 0 Å². The van der Waals surface area contributed by atoms with Crippen molar-refractivity contribution in [3.8, 4) is 0 Å². The molecule has 1 atom stereocenters. The van der Waals surface area contributed by atoms with Gasteiger partial charge in [-0.05, 0) is 31.9 Å². The minimum absolute atomic E-state index is 0.299. The summed E-state index contributed by atoms with van der Waals surface area (Å²) in [5.74, 6) is 0. The molecule has 0 amide bonds. The van der Waals surface area contributed by atoms with Crippen LogP contribution in [-0.4, -0.2) is 29.6 Å². The fraction of sp³-hybridized carbons (Fsp3) is 0.647. The maximum absolute atomic E-state index is 6.39. The van der Waals surface area contributed by atoms with Crippen LogP contribution in [0.5, 0.6) is 0 Å². The fourth-order valence-corrected chi connectivity index (χ4v) is 4.39. The molecule has 1 aliphatic heterocycles. The number of hydrogen-bond donors (Lipinski definition) is 1. The summed E-state index contributed by atoms with van der Waals surface area (Å²) < 4.78 is 0. The van der Waals surface area contributed by atoms with Gasteiger partial charge in [-0.1, -0.05) is 48.5 Å². The van der Waals surface area contributed by atoms with Crippen molar-refractivity contribution in [3.63, 3.8) is 0 Å². The van der Waals surface area contributed by atoms with Crippen molar-refractivity contribution in [2.45, 2.75) is 57.2 Å². The molecular weight excluding hydrogens is 303 g/mol. The third-order valence-corrected chi connectivity index (χ3v) is 5.85. The number of benzene rings is 1. The van der Waals surface area contributed by atoms with E-state index in [0.717, 1.165) is 35.2 Å². The Kier molecular flexibility index (Phi) is 4.80. The Morgan fingerprint density at radius 2 is 1.86 bits per heavy atom. The predicted octanol–water partition coefficient (Wildman–Crippen LogP) is 4.49.